The number of benzene rings is 3. The third-order valence-electron chi connectivity index (χ3n) is 5.38. The van der Waals surface area contributed by atoms with E-state index < -0.39 is 0 Å². The number of aromatic hydroxyl groups is 1. The van der Waals surface area contributed by atoms with E-state index in [-0.39, 0.29) is 23.7 Å². The van der Waals surface area contributed by atoms with Gasteiger partial charge in [0.05, 0.1) is 5.52 Å². The van der Waals surface area contributed by atoms with Crippen molar-refractivity contribution in [3.05, 3.63) is 100 Å². The number of aromatic nitrogens is 1. The highest BCUT2D eigenvalue weighted by atomic mass is 16.5. The largest absolute Gasteiger partial charge is 0.504 e. The summed E-state index contributed by atoms with van der Waals surface area (Å²) < 4.78 is 13.4. The summed E-state index contributed by atoms with van der Waals surface area (Å²) in [4.78, 5) is 13.3. The first-order valence-electron chi connectivity index (χ1n) is 10.9. The lowest BCUT2D eigenvalue weighted by Crippen LogP contribution is -2.23. The molecule has 0 fully saturated rings. The summed E-state index contributed by atoms with van der Waals surface area (Å²) in [5, 5.41) is 11.4. The first kappa shape index (κ1) is 21.5. The highest BCUT2D eigenvalue weighted by molar-refractivity contribution is 5.88. The molecular formula is C27H27NO4. The third-order valence-corrected chi connectivity index (χ3v) is 5.38. The topological polar surface area (TPSA) is 60.7 Å². The number of unbranched alkanes of at least 4 members (excludes halogenated alkanes) is 1. The van der Waals surface area contributed by atoms with E-state index >= 15 is 0 Å². The van der Waals surface area contributed by atoms with Crippen LogP contribution in [0.15, 0.2) is 83.7 Å². The van der Waals surface area contributed by atoms with Gasteiger partial charge in [0, 0.05) is 18.0 Å². The Morgan fingerprint density at radius 2 is 1.47 bits per heavy atom. The molecule has 0 aliphatic rings. The molecule has 4 rings (SSSR count). The average Bonchev–Trinajstić information content (AvgIpc) is 2.84. The summed E-state index contributed by atoms with van der Waals surface area (Å²) in [6, 6.07) is 24.9. The van der Waals surface area contributed by atoms with Gasteiger partial charge in [-0.15, -0.1) is 0 Å². The molecule has 0 saturated heterocycles. The van der Waals surface area contributed by atoms with Crippen LogP contribution in [0.4, 0.5) is 0 Å². The molecule has 5 heteroatoms. The van der Waals surface area contributed by atoms with E-state index in [1.807, 2.05) is 66.7 Å². The van der Waals surface area contributed by atoms with Crippen molar-refractivity contribution in [3.8, 4) is 17.2 Å². The number of hydrogen-bond acceptors (Lipinski definition) is 4. The Morgan fingerprint density at radius 1 is 0.844 bits per heavy atom. The van der Waals surface area contributed by atoms with Crippen molar-refractivity contribution in [1.82, 2.24) is 4.57 Å². The number of ether oxygens (including phenoxy) is 2. The zero-order valence-electron chi connectivity index (χ0n) is 18.2. The van der Waals surface area contributed by atoms with E-state index in [1.165, 1.54) is 0 Å². The standard InChI is InChI=1S/C27H27NO4/c1-2-3-16-28-24-17-22(31-18-20-10-6-4-7-11-20)14-15-23(24)25(29)26(27(28)30)32-19-21-12-8-5-9-13-21/h4-15,17,29H,2-3,16,18-19H2,1H3. The maximum atomic E-state index is 13.3. The molecule has 0 unspecified atom stereocenters. The Kier molecular flexibility index (Phi) is 6.75. The fourth-order valence-electron chi connectivity index (χ4n) is 3.62. The van der Waals surface area contributed by atoms with Crippen LogP contribution < -0.4 is 15.0 Å². The Balaban J connectivity index is 1.69. The van der Waals surface area contributed by atoms with Crippen molar-refractivity contribution in [2.24, 2.45) is 0 Å². The van der Waals surface area contributed by atoms with Gasteiger partial charge in [0.1, 0.15) is 19.0 Å². The predicted octanol–water partition coefficient (Wildman–Crippen LogP) is 5.67. The van der Waals surface area contributed by atoms with Crippen LogP contribution in [0.2, 0.25) is 0 Å². The van der Waals surface area contributed by atoms with Crippen molar-refractivity contribution in [2.75, 3.05) is 0 Å². The molecule has 4 aromatic rings. The molecule has 0 atom stereocenters. The lowest BCUT2D eigenvalue weighted by Gasteiger charge is -2.16. The molecule has 1 heterocycles. The minimum Gasteiger partial charge on any atom is -0.504 e. The van der Waals surface area contributed by atoms with Gasteiger partial charge in [-0.05, 0) is 29.7 Å². The Bertz CT molecular complexity index is 1230. The van der Waals surface area contributed by atoms with Crippen LogP contribution in [0.25, 0.3) is 10.9 Å². The highest BCUT2D eigenvalue weighted by Gasteiger charge is 2.18. The maximum absolute atomic E-state index is 13.3. The van der Waals surface area contributed by atoms with E-state index in [0.717, 1.165) is 24.0 Å². The average molecular weight is 430 g/mol. The van der Waals surface area contributed by atoms with Crippen LogP contribution in [0.3, 0.4) is 0 Å². The second-order valence-corrected chi connectivity index (χ2v) is 7.72. The summed E-state index contributed by atoms with van der Waals surface area (Å²) in [7, 11) is 0. The summed E-state index contributed by atoms with van der Waals surface area (Å²) in [6.45, 7) is 3.25. The lowest BCUT2D eigenvalue weighted by molar-refractivity contribution is 0.283. The van der Waals surface area contributed by atoms with Crippen molar-refractivity contribution in [3.63, 3.8) is 0 Å². The summed E-state index contributed by atoms with van der Waals surface area (Å²) >= 11 is 0. The SMILES string of the molecule is CCCCn1c(=O)c(OCc2ccccc2)c(O)c2ccc(OCc3ccccc3)cc21. The molecule has 0 bridgehead atoms. The van der Waals surface area contributed by atoms with Gasteiger partial charge in [-0.2, -0.15) is 0 Å². The molecule has 0 spiro atoms. The molecule has 1 aromatic heterocycles. The van der Waals surface area contributed by atoms with Gasteiger partial charge >= 0.3 is 0 Å². The minimum absolute atomic E-state index is 0.0181. The van der Waals surface area contributed by atoms with Gasteiger partial charge in [-0.3, -0.25) is 4.79 Å². The van der Waals surface area contributed by atoms with Gasteiger partial charge in [-0.25, -0.2) is 0 Å². The van der Waals surface area contributed by atoms with Crippen molar-refractivity contribution >= 4 is 10.9 Å². The first-order chi connectivity index (χ1) is 15.7. The van der Waals surface area contributed by atoms with Crippen molar-refractivity contribution < 1.29 is 14.6 Å². The predicted molar refractivity (Wildman–Crippen MR) is 126 cm³/mol. The van der Waals surface area contributed by atoms with Crippen LogP contribution in [0.5, 0.6) is 17.2 Å². The summed E-state index contributed by atoms with van der Waals surface area (Å²) in [6.07, 6.45) is 1.78. The van der Waals surface area contributed by atoms with Gasteiger partial charge in [0.25, 0.3) is 5.56 Å². The zero-order valence-corrected chi connectivity index (χ0v) is 18.2. The minimum atomic E-state index is -0.334. The van der Waals surface area contributed by atoms with Gasteiger partial charge in [0.15, 0.2) is 5.75 Å². The lowest BCUT2D eigenvalue weighted by atomic mass is 10.1. The van der Waals surface area contributed by atoms with Gasteiger partial charge in [-0.1, -0.05) is 74.0 Å². The first-order valence-corrected chi connectivity index (χ1v) is 10.9. The van der Waals surface area contributed by atoms with Gasteiger partial charge < -0.3 is 19.1 Å². The molecule has 0 aliphatic carbocycles. The van der Waals surface area contributed by atoms with E-state index in [2.05, 4.69) is 6.92 Å². The Morgan fingerprint density at radius 3 is 2.09 bits per heavy atom. The molecule has 5 nitrogen and oxygen atoms in total. The number of nitrogens with zero attached hydrogens (tertiary/aromatic N) is 1. The molecule has 0 saturated carbocycles. The molecule has 164 valence electrons. The summed E-state index contributed by atoms with van der Waals surface area (Å²) in [5.74, 6) is 0.488. The Hall–Kier alpha value is -3.73. The molecular weight excluding hydrogens is 402 g/mol. The quantitative estimate of drug-likeness (QED) is 0.373. The monoisotopic (exact) mass is 429 g/mol. The molecule has 1 N–H and O–H groups in total. The van der Waals surface area contributed by atoms with E-state index in [0.29, 0.717) is 29.8 Å². The van der Waals surface area contributed by atoms with E-state index in [9.17, 15) is 9.90 Å². The molecule has 0 radical (unpaired) electrons. The van der Waals surface area contributed by atoms with E-state index in [4.69, 9.17) is 9.47 Å². The smallest absolute Gasteiger partial charge is 0.297 e. The molecule has 0 aliphatic heterocycles. The second-order valence-electron chi connectivity index (χ2n) is 7.72. The van der Waals surface area contributed by atoms with Crippen LogP contribution >= 0.6 is 0 Å². The second kappa shape index (κ2) is 10.1. The van der Waals surface area contributed by atoms with Gasteiger partial charge in [0.2, 0.25) is 5.75 Å². The number of rotatable bonds is 9. The third kappa shape index (κ3) is 4.78. The highest BCUT2D eigenvalue weighted by Crippen LogP contribution is 2.34. The molecule has 3 aromatic carbocycles. The molecule has 32 heavy (non-hydrogen) atoms. The van der Waals surface area contributed by atoms with Crippen LogP contribution in [-0.2, 0) is 19.8 Å². The van der Waals surface area contributed by atoms with Crippen LogP contribution in [0, 0.1) is 0 Å². The number of fused-ring (bicyclic) bond motifs is 1. The normalized spacial score (nSPS) is 10.9. The zero-order chi connectivity index (χ0) is 22.3. The number of hydrogen-bond donors (Lipinski definition) is 1. The van der Waals surface area contributed by atoms with Crippen LogP contribution in [0.1, 0.15) is 30.9 Å². The molecule has 0 amide bonds. The van der Waals surface area contributed by atoms with Crippen LogP contribution in [-0.4, -0.2) is 9.67 Å². The number of aryl methyl sites for hydroxylation is 1. The summed E-state index contributed by atoms with van der Waals surface area (Å²) in [5.41, 5.74) is 2.29. The number of pyridine rings is 1. The van der Waals surface area contributed by atoms with Crippen molar-refractivity contribution in [2.45, 2.75) is 39.5 Å². The maximum Gasteiger partial charge on any atom is 0.297 e. The van der Waals surface area contributed by atoms with Crippen molar-refractivity contribution in [1.29, 1.82) is 0 Å². The Labute approximate surface area is 187 Å². The fourth-order valence-corrected chi connectivity index (χ4v) is 3.62. The van der Waals surface area contributed by atoms with E-state index in [1.54, 1.807) is 16.7 Å². The fraction of sp³-hybridized carbons (Fsp3) is 0.222.